The number of ether oxygens (including phenoxy) is 3. The smallest absolute Gasteiger partial charge is 0.315 e. The molecule has 0 radical (unpaired) electrons. The van der Waals surface area contributed by atoms with Crippen LogP contribution in [-0.4, -0.2) is 38.9 Å². The molecule has 1 saturated heterocycles. The zero-order valence-corrected chi connectivity index (χ0v) is 16.1. The van der Waals surface area contributed by atoms with Crippen LogP contribution in [0.5, 0.6) is 17.2 Å². The number of rotatable bonds is 6. The maximum atomic E-state index is 12.4. The lowest BCUT2D eigenvalue weighted by Gasteiger charge is -2.17. The summed E-state index contributed by atoms with van der Waals surface area (Å²) in [6.45, 7) is 1.60. The second kappa shape index (κ2) is 8.30. The Kier molecular flexibility index (Phi) is 5.41. The number of hydrogen-bond acceptors (Lipinski definition) is 5. The van der Waals surface area contributed by atoms with Crippen LogP contribution in [0.15, 0.2) is 42.5 Å². The molecule has 0 aromatic heterocycles. The molecule has 8 heteroatoms. The number of hydrogen-bond donors (Lipinski definition) is 2. The molecule has 2 aromatic rings. The molecule has 1 atom stereocenters. The van der Waals surface area contributed by atoms with Crippen LogP contribution < -0.4 is 29.7 Å². The van der Waals surface area contributed by atoms with Crippen LogP contribution in [0.4, 0.5) is 10.5 Å². The van der Waals surface area contributed by atoms with Gasteiger partial charge in [-0.3, -0.25) is 4.79 Å². The summed E-state index contributed by atoms with van der Waals surface area (Å²) in [6.07, 6.45) is 0.396. The number of methoxy groups -OCH3 is 1. The first-order valence-corrected chi connectivity index (χ1v) is 9.47. The summed E-state index contributed by atoms with van der Waals surface area (Å²) < 4.78 is 15.8. The average molecular weight is 397 g/mol. The van der Waals surface area contributed by atoms with Gasteiger partial charge in [0.05, 0.1) is 7.11 Å². The number of anilines is 1. The molecule has 0 aliphatic carbocycles. The highest BCUT2D eigenvalue weighted by Crippen LogP contribution is 2.37. The van der Waals surface area contributed by atoms with E-state index >= 15 is 0 Å². The molecule has 0 saturated carbocycles. The molecule has 152 valence electrons. The maximum Gasteiger partial charge on any atom is 0.315 e. The van der Waals surface area contributed by atoms with Gasteiger partial charge in [0, 0.05) is 43.7 Å². The van der Waals surface area contributed by atoms with Crippen molar-refractivity contribution in [3.8, 4) is 17.2 Å². The van der Waals surface area contributed by atoms with Crippen molar-refractivity contribution in [1.82, 2.24) is 10.6 Å². The van der Waals surface area contributed by atoms with Crippen LogP contribution in [0, 0.1) is 5.92 Å². The Balaban J connectivity index is 1.25. The second-order valence-corrected chi connectivity index (χ2v) is 7.02. The van der Waals surface area contributed by atoms with Gasteiger partial charge in [-0.2, -0.15) is 0 Å². The van der Waals surface area contributed by atoms with Gasteiger partial charge in [-0.1, -0.05) is 12.1 Å². The molecule has 3 amide bonds. The Morgan fingerprint density at radius 3 is 2.72 bits per heavy atom. The van der Waals surface area contributed by atoms with Gasteiger partial charge in [0.1, 0.15) is 5.75 Å². The van der Waals surface area contributed by atoms with Crippen molar-refractivity contribution in [3.63, 3.8) is 0 Å². The standard InChI is InChI=1S/C21H23N3O5/c1-27-17-5-2-14(3-6-17)10-22-21(26)23-11-15-8-20(25)24(12-15)16-4-7-18-19(9-16)29-13-28-18/h2-7,9,15H,8,10-13H2,1H3,(H2,22,23,26)/t15-/m1/s1. The molecular weight excluding hydrogens is 374 g/mol. The van der Waals surface area contributed by atoms with E-state index in [4.69, 9.17) is 14.2 Å². The monoisotopic (exact) mass is 397 g/mol. The van der Waals surface area contributed by atoms with E-state index in [1.807, 2.05) is 42.5 Å². The zero-order valence-electron chi connectivity index (χ0n) is 16.1. The summed E-state index contributed by atoms with van der Waals surface area (Å²) in [7, 11) is 1.61. The number of fused-ring (bicyclic) bond motifs is 1. The number of amides is 3. The molecule has 2 heterocycles. The predicted molar refractivity (Wildman–Crippen MR) is 106 cm³/mol. The van der Waals surface area contributed by atoms with Crippen molar-refractivity contribution >= 4 is 17.6 Å². The molecule has 2 aromatic carbocycles. The lowest BCUT2D eigenvalue weighted by molar-refractivity contribution is -0.117. The van der Waals surface area contributed by atoms with E-state index in [0.29, 0.717) is 37.6 Å². The Morgan fingerprint density at radius 2 is 1.93 bits per heavy atom. The predicted octanol–water partition coefficient (Wildman–Crippen LogP) is 2.28. The van der Waals surface area contributed by atoms with Crippen molar-refractivity contribution in [2.24, 2.45) is 5.92 Å². The van der Waals surface area contributed by atoms with Gasteiger partial charge < -0.3 is 29.7 Å². The van der Waals surface area contributed by atoms with Gasteiger partial charge >= 0.3 is 6.03 Å². The fourth-order valence-corrected chi connectivity index (χ4v) is 3.45. The molecule has 2 N–H and O–H groups in total. The van der Waals surface area contributed by atoms with E-state index in [2.05, 4.69) is 10.6 Å². The maximum absolute atomic E-state index is 12.4. The van der Waals surface area contributed by atoms with Crippen molar-refractivity contribution in [2.45, 2.75) is 13.0 Å². The number of nitrogens with one attached hydrogen (secondary N) is 2. The lowest BCUT2D eigenvalue weighted by Crippen LogP contribution is -2.38. The van der Waals surface area contributed by atoms with Crippen molar-refractivity contribution < 1.29 is 23.8 Å². The first-order valence-electron chi connectivity index (χ1n) is 9.47. The first-order chi connectivity index (χ1) is 14.1. The van der Waals surface area contributed by atoms with Gasteiger partial charge in [0.15, 0.2) is 11.5 Å². The molecule has 0 spiro atoms. The van der Waals surface area contributed by atoms with Crippen molar-refractivity contribution in [3.05, 3.63) is 48.0 Å². The summed E-state index contributed by atoms with van der Waals surface area (Å²) in [5.74, 6) is 2.20. The van der Waals surface area contributed by atoms with Gasteiger partial charge in [0.2, 0.25) is 12.7 Å². The summed E-state index contributed by atoms with van der Waals surface area (Å²) in [5, 5.41) is 5.68. The van der Waals surface area contributed by atoms with E-state index in [9.17, 15) is 9.59 Å². The number of benzene rings is 2. The van der Waals surface area contributed by atoms with Gasteiger partial charge in [-0.15, -0.1) is 0 Å². The minimum atomic E-state index is -0.255. The van der Waals surface area contributed by atoms with Gasteiger partial charge in [-0.25, -0.2) is 4.79 Å². The average Bonchev–Trinajstić information content (AvgIpc) is 3.36. The van der Waals surface area contributed by atoms with Crippen LogP contribution in [-0.2, 0) is 11.3 Å². The molecule has 2 aliphatic heterocycles. The minimum absolute atomic E-state index is 0.0364. The van der Waals surface area contributed by atoms with Crippen LogP contribution in [0.1, 0.15) is 12.0 Å². The Morgan fingerprint density at radius 1 is 1.14 bits per heavy atom. The van der Waals surface area contributed by atoms with Crippen LogP contribution >= 0.6 is 0 Å². The third-order valence-corrected chi connectivity index (χ3v) is 5.04. The molecule has 4 rings (SSSR count). The second-order valence-electron chi connectivity index (χ2n) is 7.02. The van der Waals surface area contributed by atoms with Gasteiger partial charge in [-0.05, 0) is 29.8 Å². The highest BCUT2D eigenvalue weighted by molar-refractivity contribution is 5.96. The summed E-state index contributed by atoms with van der Waals surface area (Å²) in [5.41, 5.74) is 1.76. The van der Waals surface area contributed by atoms with Crippen LogP contribution in [0.25, 0.3) is 0 Å². The van der Waals surface area contributed by atoms with Gasteiger partial charge in [0.25, 0.3) is 0 Å². The largest absolute Gasteiger partial charge is 0.497 e. The lowest BCUT2D eigenvalue weighted by atomic mass is 10.1. The summed E-state index contributed by atoms with van der Waals surface area (Å²) in [4.78, 5) is 26.2. The fourth-order valence-electron chi connectivity index (χ4n) is 3.45. The highest BCUT2D eigenvalue weighted by atomic mass is 16.7. The van der Waals surface area contributed by atoms with E-state index in [0.717, 1.165) is 17.0 Å². The van der Waals surface area contributed by atoms with E-state index in [1.54, 1.807) is 12.0 Å². The van der Waals surface area contributed by atoms with Crippen molar-refractivity contribution in [1.29, 1.82) is 0 Å². The Hall–Kier alpha value is -3.42. The topological polar surface area (TPSA) is 89.1 Å². The van der Waals surface area contributed by atoms with Crippen molar-refractivity contribution in [2.75, 3.05) is 31.9 Å². The highest BCUT2D eigenvalue weighted by Gasteiger charge is 2.31. The summed E-state index contributed by atoms with van der Waals surface area (Å²) >= 11 is 0. The zero-order chi connectivity index (χ0) is 20.2. The number of urea groups is 1. The van der Waals surface area contributed by atoms with E-state index in [1.165, 1.54) is 0 Å². The number of carbonyl (C=O) groups is 2. The molecular formula is C21H23N3O5. The van der Waals surface area contributed by atoms with E-state index < -0.39 is 0 Å². The molecule has 0 bridgehead atoms. The van der Waals surface area contributed by atoms with E-state index in [-0.39, 0.29) is 24.6 Å². The molecule has 29 heavy (non-hydrogen) atoms. The molecule has 1 fully saturated rings. The first kappa shape index (κ1) is 18.9. The third kappa shape index (κ3) is 4.37. The Bertz CT molecular complexity index is 900. The summed E-state index contributed by atoms with van der Waals surface area (Å²) in [6, 6.07) is 12.7. The third-order valence-electron chi connectivity index (χ3n) is 5.04. The quantitative estimate of drug-likeness (QED) is 0.781. The molecule has 2 aliphatic rings. The molecule has 8 nitrogen and oxygen atoms in total. The number of nitrogens with zero attached hydrogens (tertiary/aromatic N) is 1. The Labute approximate surface area is 168 Å². The fraction of sp³-hybridized carbons (Fsp3) is 0.333. The SMILES string of the molecule is COc1ccc(CNC(=O)NC[C@H]2CC(=O)N(c3ccc4c(c3)OCO4)C2)cc1. The minimum Gasteiger partial charge on any atom is -0.497 e. The van der Waals surface area contributed by atoms with Crippen LogP contribution in [0.3, 0.4) is 0 Å². The number of carbonyl (C=O) groups excluding carboxylic acids is 2. The van der Waals surface area contributed by atoms with Crippen LogP contribution in [0.2, 0.25) is 0 Å². The molecule has 0 unspecified atom stereocenters. The normalized spacial score (nSPS) is 17.3.